The van der Waals surface area contributed by atoms with E-state index in [0.717, 1.165) is 18.4 Å². The molecule has 118 valence electrons. The van der Waals surface area contributed by atoms with Gasteiger partial charge in [0.15, 0.2) is 0 Å². The minimum absolute atomic E-state index is 0.210. The fourth-order valence-electron chi connectivity index (χ4n) is 2.76. The highest BCUT2D eigenvalue weighted by Crippen LogP contribution is 2.26. The normalized spacial score (nSPS) is 27.6. The summed E-state index contributed by atoms with van der Waals surface area (Å²) >= 11 is 0. The van der Waals surface area contributed by atoms with E-state index >= 15 is 0 Å². The van der Waals surface area contributed by atoms with Crippen LogP contribution in [0.2, 0.25) is 0 Å². The van der Waals surface area contributed by atoms with Crippen LogP contribution in [0.5, 0.6) is 0 Å². The Bertz CT molecular complexity index is 570. The van der Waals surface area contributed by atoms with Gasteiger partial charge in [0.05, 0.1) is 23.1 Å². The third kappa shape index (κ3) is 3.45. The largest absolute Gasteiger partial charge is 0.390 e. The van der Waals surface area contributed by atoms with Crippen LogP contribution in [0, 0.1) is 6.92 Å². The Labute approximate surface area is 126 Å². The van der Waals surface area contributed by atoms with Crippen molar-refractivity contribution in [3.05, 3.63) is 29.8 Å². The van der Waals surface area contributed by atoms with Crippen molar-refractivity contribution in [2.75, 3.05) is 7.05 Å². The molecule has 1 fully saturated rings. The van der Waals surface area contributed by atoms with E-state index < -0.39 is 28.3 Å². The molecule has 2 N–H and O–H groups in total. The lowest BCUT2D eigenvalue weighted by molar-refractivity contribution is -0.0148. The Morgan fingerprint density at radius 2 is 1.67 bits per heavy atom. The van der Waals surface area contributed by atoms with E-state index in [1.54, 1.807) is 24.3 Å². The maximum absolute atomic E-state index is 12.6. The molecule has 2 rings (SSSR count). The lowest BCUT2D eigenvalue weighted by Gasteiger charge is -2.31. The van der Waals surface area contributed by atoms with Gasteiger partial charge in [-0.1, -0.05) is 30.5 Å². The summed E-state index contributed by atoms with van der Waals surface area (Å²) in [4.78, 5) is 0.210. The standard InChI is InChI=1S/C15H23NO4S/c1-11-7-9-12(10-8-11)21(19,20)16(2)13-5-3-4-6-14(17)15(13)18/h7-10,13-15,17-18H,3-6H2,1-2H3/t13-,14-,15-/m1/s1. The summed E-state index contributed by atoms with van der Waals surface area (Å²) in [7, 11) is -2.19. The monoisotopic (exact) mass is 313 g/mol. The Hall–Kier alpha value is -0.950. The first-order valence-corrected chi connectivity index (χ1v) is 8.69. The lowest BCUT2D eigenvalue weighted by atomic mass is 10.0. The molecular formula is C15H23NO4S. The van der Waals surface area contributed by atoms with Crippen molar-refractivity contribution in [3.63, 3.8) is 0 Å². The first-order valence-electron chi connectivity index (χ1n) is 7.25. The number of nitrogens with zero attached hydrogens (tertiary/aromatic N) is 1. The molecule has 0 radical (unpaired) electrons. The molecule has 1 aromatic rings. The highest BCUT2D eigenvalue weighted by Gasteiger charge is 2.36. The molecule has 3 atom stereocenters. The van der Waals surface area contributed by atoms with E-state index in [-0.39, 0.29) is 4.90 Å². The number of sulfonamides is 1. The number of hydrogen-bond donors (Lipinski definition) is 2. The molecule has 0 bridgehead atoms. The fraction of sp³-hybridized carbons (Fsp3) is 0.600. The smallest absolute Gasteiger partial charge is 0.243 e. The van der Waals surface area contributed by atoms with Gasteiger partial charge in [-0.2, -0.15) is 4.31 Å². The van der Waals surface area contributed by atoms with Crippen molar-refractivity contribution in [1.29, 1.82) is 0 Å². The molecule has 0 unspecified atom stereocenters. The van der Waals surface area contributed by atoms with Gasteiger partial charge in [0.1, 0.15) is 0 Å². The minimum atomic E-state index is -3.67. The summed E-state index contributed by atoms with van der Waals surface area (Å²) < 4.78 is 26.5. The second-order valence-corrected chi connectivity index (χ2v) is 7.74. The van der Waals surface area contributed by atoms with Gasteiger partial charge in [0, 0.05) is 7.05 Å². The molecule has 0 saturated heterocycles. The number of benzene rings is 1. The molecular weight excluding hydrogens is 290 g/mol. The van der Waals surface area contributed by atoms with E-state index in [4.69, 9.17) is 0 Å². The third-order valence-electron chi connectivity index (χ3n) is 4.20. The molecule has 1 aliphatic rings. The van der Waals surface area contributed by atoms with Crippen LogP contribution in [0.4, 0.5) is 0 Å². The van der Waals surface area contributed by atoms with Crippen molar-refractivity contribution < 1.29 is 18.6 Å². The Morgan fingerprint density at radius 1 is 1.10 bits per heavy atom. The number of aliphatic hydroxyl groups is 2. The average molecular weight is 313 g/mol. The number of aliphatic hydroxyl groups excluding tert-OH is 2. The highest BCUT2D eigenvalue weighted by molar-refractivity contribution is 7.89. The first-order chi connectivity index (χ1) is 9.84. The van der Waals surface area contributed by atoms with Crippen LogP contribution in [0.3, 0.4) is 0 Å². The molecule has 6 heteroatoms. The zero-order chi connectivity index (χ0) is 15.6. The van der Waals surface area contributed by atoms with E-state index in [1.165, 1.54) is 11.4 Å². The summed E-state index contributed by atoms with van der Waals surface area (Å²) in [5.41, 5.74) is 0.988. The van der Waals surface area contributed by atoms with Gasteiger partial charge >= 0.3 is 0 Å². The predicted molar refractivity (Wildman–Crippen MR) is 80.4 cm³/mol. The number of likely N-dealkylation sites (N-methyl/N-ethyl adjacent to an activating group) is 1. The summed E-state index contributed by atoms with van der Waals surface area (Å²) in [5.74, 6) is 0. The van der Waals surface area contributed by atoms with E-state index in [0.29, 0.717) is 12.8 Å². The zero-order valence-electron chi connectivity index (χ0n) is 12.4. The average Bonchev–Trinajstić information content (AvgIpc) is 2.61. The van der Waals surface area contributed by atoms with Crippen LogP contribution in [-0.4, -0.2) is 48.2 Å². The molecule has 1 aromatic carbocycles. The second-order valence-electron chi connectivity index (χ2n) is 5.74. The molecule has 5 nitrogen and oxygen atoms in total. The van der Waals surface area contributed by atoms with Crippen molar-refractivity contribution in [2.45, 2.75) is 55.8 Å². The van der Waals surface area contributed by atoms with Crippen LogP contribution in [0.15, 0.2) is 29.2 Å². The van der Waals surface area contributed by atoms with Crippen molar-refractivity contribution >= 4 is 10.0 Å². The maximum Gasteiger partial charge on any atom is 0.243 e. The number of hydrogen-bond acceptors (Lipinski definition) is 4. The van der Waals surface area contributed by atoms with Crippen LogP contribution in [0.25, 0.3) is 0 Å². The summed E-state index contributed by atoms with van der Waals surface area (Å²) in [6, 6.07) is 6.05. The van der Waals surface area contributed by atoms with E-state index in [2.05, 4.69) is 0 Å². The lowest BCUT2D eigenvalue weighted by Crippen LogP contribution is -2.48. The van der Waals surface area contributed by atoms with E-state index in [1.807, 2.05) is 6.92 Å². The van der Waals surface area contributed by atoms with Crippen LogP contribution < -0.4 is 0 Å². The fourth-order valence-corrected chi connectivity index (χ4v) is 4.16. The predicted octanol–water partition coefficient (Wildman–Crippen LogP) is 1.28. The Kier molecular flexibility index (Phi) is 5.03. The van der Waals surface area contributed by atoms with Crippen LogP contribution in [0.1, 0.15) is 31.2 Å². The molecule has 0 aliphatic heterocycles. The van der Waals surface area contributed by atoms with E-state index in [9.17, 15) is 18.6 Å². The summed E-state index contributed by atoms with van der Waals surface area (Å²) in [5, 5.41) is 20.1. The first kappa shape index (κ1) is 16.4. The SMILES string of the molecule is Cc1ccc(S(=O)(=O)N(C)[C@@H]2CCCC[C@@H](O)[C@@H]2O)cc1. The molecule has 0 aromatic heterocycles. The quantitative estimate of drug-likeness (QED) is 0.824. The topological polar surface area (TPSA) is 77.8 Å². The number of rotatable bonds is 3. The van der Waals surface area contributed by atoms with Gasteiger partial charge in [-0.3, -0.25) is 0 Å². The van der Waals surface area contributed by atoms with Crippen molar-refractivity contribution in [3.8, 4) is 0 Å². The van der Waals surface area contributed by atoms with Crippen molar-refractivity contribution in [2.24, 2.45) is 0 Å². The maximum atomic E-state index is 12.6. The van der Waals surface area contributed by atoms with Crippen LogP contribution in [-0.2, 0) is 10.0 Å². The van der Waals surface area contributed by atoms with Gasteiger partial charge in [-0.05, 0) is 31.9 Å². The molecule has 0 amide bonds. The van der Waals surface area contributed by atoms with Gasteiger partial charge in [0.2, 0.25) is 10.0 Å². The van der Waals surface area contributed by atoms with Crippen molar-refractivity contribution in [1.82, 2.24) is 4.31 Å². The van der Waals surface area contributed by atoms with Gasteiger partial charge in [-0.15, -0.1) is 0 Å². The number of aryl methyl sites for hydroxylation is 1. The third-order valence-corrected chi connectivity index (χ3v) is 6.10. The summed E-state index contributed by atoms with van der Waals surface area (Å²) in [6.45, 7) is 1.89. The molecule has 0 heterocycles. The highest BCUT2D eigenvalue weighted by atomic mass is 32.2. The molecule has 1 aliphatic carbocycles. The zero-order valence-corrected chi connectivity index (χ0v) is 13.3. The molecule has 21 heavy (non-hydrogen) atoms. The second kappa shape index (κ2) is 6.44. The van der Waals surface area contributed by atoms with Crippen LogP contribution >= 0.6 is 0 Å². The van der Waals surface area contributed by atoms with Gasteiger partial charge in [0.25, 0.3) is 0 Å². The Morgan fingerprint density at radius 3 is 2.29 bits per heavy atom. The molecule has 0 spiro atoms. The van der Waals surface area contributed by atoms with Gasteiger partial charge < -0.3 is 10.2 Å². The molecule has 1 saturated carbocycles. The summed E-state index contributed by atoms with van der Waals surface area (Å²) in [6.07, 6.45) is 0.751. The Balaban J connectivity index is 2.28. The minimum Gasteiger partial charge on any atom is -0.390 e. The van der Waals surface area contributed by atoms with Gasteiger partial charge in [-0.25, -0.2) is 8.42 Å².